The fraction of sp³-hybridized carbons (Fsp3) is 0.353. The van der Waals surface area contributed by atoms with Crippen molar-refractivity contribution in [2.45, 2.75) is 33.1 Å². The molecular weight excluding hydrogens is 330 g/mol. The van der Waals surface area contributed by atoms with Gasteiger partial charge in [-0.05, 0) is 37.1 Å². The van der Waals surface area contributed by atoms with Crippen LogP contribution in [-0.2, 0) is 17.9 Å². The van der Waals surface area contributed by atoms with Gasteiger partial charge >= 0.3 is 0 Å². The van der Waals surface area contributed by atoms with E-state index in [2.05, 4.69) is 5.10 Å². The number of aromatic nitrogens is 2. The van der Waals surface area contributed by atoms with Crippen molar-refractivity contribution in [2.24, 2.45) is 0 Å². The molecule has 0 aliphatic rings. The molecule has 0 saturated carbocycles. The largest absolute Gasteiger partial charge is 0.389 e. The Labute approximate surface area is 144 Å². The van der Waals surface area contributed by atoms with Crippen molar-refractivity contribution >= 4 is 11.6 Å². The summed E-state index contributed by atoms with van der Waals surface area (Å²) in [5.41, 5.74) is 1.63. The zero-order valence-electron chi connectivity index (χ0n) is 13.5. The van der Waals surface area contributed by atoms with Crippen LogP contribution in [0.15, 0.2) is 29.1 Å². The summed E-state index contributed by atoms with van der Waals surface area (Å²) in [6.45, 7) is 3.74. The van der Waals surface area contributed by atoms with E-state index in [-0.39, 0.29) is 18.7 Å². The van der Waals surface area contributed by atoms with Crippen LogP contribution in [0.1, 0.15) is 22.4 Å². The first-order chi connectivity index (χ1) is 11.4. The Hall–Kier alpha value is -2.20. The lowest BCUT2D eigenvalue weighted by atomic mass is 10.1. The molecule has 1 atom stereocenters. The Bertz CT molecular complexity index is 810. The molecule has 0 spiro atoms. The predicted molar refractivity (Wildman–Crippen MR) is 89.8 cm³/mol. The number of aliphatic hydroxyl groups is 1. The predicted octanol–water partition coefficient (Wildman–Crippen LogP) is 1.96. The Morgan fingerprint density at radius 1 is 1.38 bits per heavy atom. The van der Waals surface area contributed by atoms with Crippen LogP contribution in [-0.4, -0.2) is 27.6 Å². The average Bonchev–Trinajstić information content (AvgIpc) is 2.55. The average molecular weight is 348 g/mol. The summed E-state index contributed by atoms with van der Waals surface area (Å²) in [4.78, 5) is 12.1. The molecule has 126 valence electrons. The fourth-order valence-corrected chi connectivity index (χ4v) is 2.30. The monoisotopic (exact) mass is 347 g/mol. The summed E-state index contributed by atoms with van der Waals surface area (Å²) in [6, 6.07) is 9.09. The fourth-order valence-electron chi connectivity index (χ4n) is 2.17. The molecule has 2 rings (SSSR count). The van der Waals surface area contributed by atoms with Gasteiger partial charge in [0.2, 0.25) is 0 Å². The highest BCUT2D eigenvalue weighted by atomic mass is 35.5. The van der Waals surface area contributed by atoms with E-state index in [4.69, 9.17) is 21.6 Å². The first-order valence-electron chi connectivity index (χ1n) is 7.41. The summed E-state index contributed by atoms with van der Waals surface area (Å²) in [5.74, 6) is 0. The molecule has 1 aromatic carbocycles. The summed E-state index contributed by atoms with van der Waals surface area (Å²) < 4.78 is 6.55. The van der Waals surface area contributed by atoms with Gasteiger partial charge in [0.25, 0.3) is 5.56 Å². The van der Waals surface area contributed by atoms with E-state index >= 15 is 0 Å². The molecule has 0 bridgehead atoms. The summed E-state index contributed by atoms with van der Waals surface area (Å²) in [6.07, 6.45) is -0.906. The molecule has 7 heteroatoms. The number of nitriles is 1. The summed E-state index contributed by atoms with van der Waals surface area (Å²) in [5, 5.41) is 23.9. The van der Waals surface area contributed by atoms with Crippen molar-refractivity contribution in [3.05, 3.63) is 62.0 Å². The van der Waals surface area contributed by atoms with E-state index in [1.54, 1.807) is 26.0 Å². The Balaban J connectivity index is 1.96. The Kier molecular flexibility index (Phi) is 6.10. The minimum absolute atomic E-state index is 0.0325. The lowest BCUT2D eigenvalue weighted by Crippen LogP contribution is -2.33. The van der Waals surface area contributed by atoms with Crippen LogP contribution in [0, 0.1) is 25.2 Å². The van der Waals surface area contributed by atoms with Gasteiger partial charge in [0, 0.05) is 5.02 Å². The van der Waals surface area contributed by atoms with E-state index in [1.165, 1.54) is 0 Å². The van der Waals surface area contributed by atoms with Gasteiger partial charge in [0.1, 0.15) is 11.6 Å². The lowest BCUT2D eigenvalue weighted by molar-refractivity contribution is 0.0179. The van der Waals surface area contributed by atoms with Gasteiger partial charge < -0.3 is 9.84 Å². The van der Waals surface area contributed by atoms with Crippen LogP contribution in [0.2, 0.25) is 5.02 Å². The maximum atomic E-state index is 12.1. The number of halogens is 1. The molecule has 24 heavy (non-hydrogen) atoms. The van der Waals surface area contributed by atoms with Gasteiger partial charge in [0.05, 0.1) is 31.6 Å². The topological polar surface area (TPSA) is 88.1 Å². The highest BCUT2D eigenvalue weighted by molar-refractivity contribution is 6.30. The molecule has 0 aliphatic heterocycles. The van der Waals surface area contributed by atoms with Crippen LogP contribution in [0.4, 0.5) is 0 Å². The number of nitrogens with zero attached hydrogens (tertiary/aromatic N) is 3. The van der Waals surface area contributed by atoms with Gasteiger partial charge in [-0.25, -0.2) is 4.68 Å². The van der Waals surface area contributed by atoms with E-state index in [0.29, 0.717) is 22.9 Å². The van der Waals surface area contributed by atoms with Crippen molar-refractivity contribution in [3.63, 3.8) is 0 Å². The van der Waals surface area contributed by atoms with Crippen molar-refractivity contribution < 1.29 is 9.84 Å². The van der Waals surface area contributed by atoms with Gasteiger partial charge in [-0.3, -0.25) is 4.79 Å². The lowest BCUT2D eigenvalue weighted by Gasteiger charge is -2.14. The molecule has 0 saturated heterocycles. The number of benzene rings is 1. The van der Waals surface area contributed by atoms with E-state index < -0.39 is 11.7 Å². The third kappa shape index (κ3) is 4.42. The van der Waals surface area contributed by atoms with Crippen LogP contribution in [0.3, 0.4) is 0 Å². The smallest absolute Gasteiger partial charge is 0.285 e. The highest BCUT2D eigenvalue weighted by Crippen LogP contribution is 2.10. The van der Waals surface area contributed by atoms with Gasteiger partial charge in [-0.2, -0.15) is 10.4 Å². The second-order valence-electron chi connectivity index (χ2n) is 5.48. The molecule has 0 fully saturated rings. The normalized spacial score (nSPS) is 12.0. The van der Waals surface area contributed by atoms with E-state index in [0.717, 1.165) is 10.2 Å². The van der Waals surface area contributed by atoms with Crippen LogP contribution >= 0.6 is 11.6 Å². The molecule has 1 aromatic heterocycles. The zero-order chi connectivity index (χ0) is 17.7. The minimum atomic E-state index is -0.906. The van der Waals surface area contributed by atoms with E-state index in [9.17, 15) is 9.90 Å². The minimum Gasteiger partial charge on any atom is -0.389 e. The van der Waals surface area contributed by atoms with Crippen molar-refractivity contribution in [3.8, 4) is 6.07 Å². The van der Waals surface area contributed by atoms with Crippen LogP contribution < -0.4 is 5.56 Å². The number of hydrogen-bond donors (Lipinski definition) is 1. The second kappa shape index (κ2) is 8.06. The molecule has 0 unspecified atom stereocenters. The van der Waals surface area contributed by atoms with Gasteiger partial charge in [0.15, 0.2) is 0 Å². The van der Waals surface area contributed by atoms with E-state index in [1.807, 2.05) is 18.2 Å². The molecule has 0 radical (unpaired) electrons. The SMILES string of the molecule is Cc1nn(C[C@@H](O)COCc2ccc(Cl)cc2)c(=O)c(C#N)c1C. The maximum Gasteiger partial charge on any atom is 0.285 e. The van der Waals surface area contributed by atoms with Crippen molar-refractivity contribution in [1.29, 1.82) is 5.26 Å². The molecule has 0 amide bonds. The molecular formula is C17H18ClN3O3. The number of ether oxygens (including phenoxy) is 1. The standard InChI is InChI=1S/C17H18ClN3O3/c1-11-12(2)20-21(17(23)16(11)7-19)8-15(22)10-24-9-13-3-5-14(18)6-4-13/h3-6,15,22H,8-10H2,1-2H3/t15-/m1/s1. The van der Waals surface area contributed by atoms with Crippen molar-refractivity contribution in [1.82, 2.24) is 9.78 Å². The molecule has 2 aromatic rings. The first-order valence-corrected chi connectivity index (χ1v) is 7.79. The number of rotatable bonds is 6. The Morgan fingerprint density at radius 3 is 2.67 bits per heavy atom. The quantitative estimate of drug-likeness (QED) is 0.863. The Morgan fingerprint density at radius 2 is 2.04 bits per heavy atom. The zero-order valence-corrected chi connectivity index (χ0v) is 14.2. The maximum absolute atomic E-state index is 12.1. The third-order valence-electron chi connectivity index (χ3n) is 3.62. The number of aryl methyl sites for hydroxylation is 1. The number of hydrogen-bond acceptors (Lipinski definition) is 5. The van der Waals surface area contributed by atoms with Gasteiger partial charge in [-0.1, -0.05) is 23.7 Å². The van der Waals surface area contributed by atoms with Gasteiger partial charge in [-0.15, -0.1) is 0 Å². The van der Waals surface area contributed by atoms with Crippen LogP contribution in [0.25, 0.3) is 0 Å². The van der Waals surface area contributed by atoms with Crippen molar-refractivity contribution in [2.75, 3.05) is 6.61 Å². The first kappa shape index (κ1) is 18.1. The highest BCUT2D eigenvalue weighted by Gasteiger charge is 2.14. The molecule has 1 heterocycles. The second-order valence-corrected chi connectivity index (χ2v) is 5.92. The third-order valence-corrected chi connectivity index (χ3v) is 3.88. The molecule has 1 N–H and O–H groups in total. The summed E-state index contributed by atoms with van der Waals surface area (Å²) in [7, 11) is 0. The molecule has 6 nitrogen and oxygen atoms in total. The van der Waals surface area contributed by atoms with Crippen LogP contribution in [0.5, 0.6) is 0 Å². The number of aliphatic hydroxyl groups excluding tert-OH is 1. The summed E-state index contributed by atoms with van der Waals surface area (Å²) >= 11 is 5.81. The molecule has 0 aliphatic carbocycles.